The monoisotopic (exact) mass is 477 g/mol. The van der Waals surface area contributed by atoms with Crippen LogP contribution in [0.4, 0.5) is 18.9 Å². The molecule has 0 saturated heterocycles. The number of carbonyl (C=O) groups excluding carboxylic acids is 1. The number of pyridine rings is 1. The summed E-state index contributed by atoms with van der Waals surface area (Å²) in [6.07, 6.45) is 0.765. The average molecular weight is 478 g/mol. The van der Waals surface area contributed by atoms with E-state index in [2.05, 4.69) is 30.7 Å². The van der Waals surface area contributed by atoms with Crippen LogP contribution in [0.2, 0.25) is 0 Å². The number of aromatic nitrogens is 2. The zero-order valence-electron chi connectivity index (χ0n) is 17.4. The fourth-order valence-electron chi connectivity index (χ4n) is 3.48. The van der Waals surface area contributed by atoms with E-state index < -0.39 is 6.36 Å². The van der Waals surface area contributed by atoms with Crippen molar-refractivity contribution >= 4 is 34.4 Å². The maximum absolute atomic E-state index is 12.7. The maximum Gasteiger partial charge on any atom is 0.573 e. The summed E-state index contributed by atoms with van der Waals surface area (Å²) in [7, 11) is 0. The average Bonchev–Trinajstić information content (AvgIpc) is 3.42. The Morgan fingerprint density at radius 2 is 2.09 bits per heavy atom. The highest BCUT2D eigenvalue weighted by Crippen LogP contribution is 2.29. The van der Waals surface area contributed by atoms with Crippen LogP contribution in [0.1, 0.15) is 5.56 Å². The Labute approximate surface area is 192 Å². The van der Waals surface area contributed by atoms with E-state index in [1.807, 2.05) is 29.8 Å². The molecule has 2 aromatic heterocycles. The van der Waals surface area contributed by atoms with Gasteiger partial charge in [0.25, 0.3) is 0 Å². The molecule has 7 nitrogen and oxygen atoms in total. The van der Waals surface area contributed by atoms with Crippen LogP contribution in [0.5, 0.6) is 5.75 Å². The number of halogens is 3. The van der Waals surface area contributed by atoms with Gasteiger partial charge < -0.3 is 25.7 Å². The molecule has 1 aromatic carbocycles. The lowest BCUT2D eigenvalue weighted by Gasteiger charge is -2.21. The third-order valence-corrected chi connectivity index (χ3v) is 6.05. The Balaban J connectivity index is 1.22. The molecule has 11 heteroatoms. The summed E-state index contributed by atoms with van der Waals surface area (Å²) in [5.41, 5.74) is 2.32. The van der Waals surface area contributed by atoms with Crippen LogP contribution < -0.4 is 20.7 Å². The highest BCUT2D eigenvalue weighted by molar-refractivity contribution is 8.03. The lowest BCUT2D eigenvalue weighted by molar-refractivity contribution is -0.274. The topological polar surface area (TPSA) is 91.1 Å². The Hall–Kier alpha value is -3.18. The van der Waals surface area contributed by atoms with E-state index in [1.165, 1.54) is 30.0 Å². The van der Waals surface area contributed by atoms with Gasteiger partial charge in [-0.05, 0) is 35.2 Å². The first-order valence-corrected chi connectivity index (χ1v) is 11.2. The molecule has 2 atom stereocenters. The molecule has 174 valence electrons. The molecule has 4 rings (SSSR count). The highest BCUT2D eigenvalue weighted by Gasteiger charge is 2.31. The van der Waals surface area contributed by atoms with E-state index in [-0.39, 0.29) is 22.9 Å². The van der Waals surface area contributed by atoms with Crippen molar-refractivity contribution in [2.24, 2.45) is 0 Å². The quantitative estimate of drug-likeness (QED) is 0.351. The molecule has 3 heterocycles. The molecular weight excluding hydrogens is 455 g/mol. The predicted molar refractivity (Wildman–Crippen MR) is 122 cm³/mol. The van der Waals surface area contributed by atoms with Crippen molar-refractivity contribution < 1.29 is 22.7 Å². The lowest BCUT2D eigenvalue weighted by atomic mass is 10.1. The maximum atomic E-state index is 12.7. The van der Waals surface area contributed by atoms with Gasteiger partial charge in [0.15, 0.2) is 0 Å². The first-order chi connectivity index (χ1) is 15.9. The number of ether oxygens (including phenoxy) is 1. The van der Waals surface area contributed by atoms with E-state index in [0.29, 0.717) is 25.2 Å². The number of benzene rings is 1. The number of carbonyl (C=O) groups is 1. The number of alkyl halides is 3. The van der Waals surface area contributed by atoms with Gasteiger partial charge in [-0.15, -0.1) is 24.9 Å². The van der Waals surface area contributed by atoms with Crippen molar-refractivity contribution in [2.75, 3.05) is 18.4 Å². The molecule has 0 fully saturated rings. The number of H-pyrrole nitrogens is 1. The van der Waals surface area contributed by atoms with E-state index >= 15 is 0 Å². The largest absolute Gasteiger partial charge is 0.573 e. The van der Waals surface area contributed by atoms with Crippen LogP contribution in [0.15, 0.2) is 60.3 Å². The standard InChI is InChI=1S/C22H22F3N5O2S/c23-22(24,25)32-15-3-1-2-14(12-15)13-26-9-10-29-21(31)19-18(6-11-33-19)30-17-5-8-28-20-16(17)4-7-27-20/h1-8,11-12,18-19,26H,9-10,13H2,(H,29,31)(H2,27,28,30). The third kappa shape index (κ3) is 6.20. The smallest absolute Gasteiger partial charge is 0.406 e. The van der Waals surface area contributed by atoms with Crippen molar-refractivity contribution in [1.29, 1.82) is 0 Å². The number of amides is 1. The molecule has 0 saturated carbocycles. The van der Waals surface area contributed by atoms with Crippen molar-refractivity contribution in [3.05, 3.63) is 65.8 Å². The minimum Gasteiger partial charge on any atom is -0.406 e. The van der Waals surface area contributed by atoms with Crippen molar-refractivity contribution in [3.8, 4) is 5.75 Å². The molecule has 0 spiro atoms. The Morgan fingerprint density at radius 1 is 1.21 bits per heavy atom. The lowest BCUT2D eigenvalue weighted by Crippen LogP contribution is -2.43. The van der Waals surface area contributed by atoms with Crippen LogP contribution in [0, 0.1) is 0 Å². The summed E-state index contributed by atoms with van der Waals surface area (Å²) in [5.74, 6) is -0.352. The van der Waals surface area contributed by atoms with Crippen molar-refractivity contribution in [1.82, 2.24) is 20.6 Å². The zero-order valence-corrected chi connectivity index (χ0v) is 18.2. The molecule has 0 radical (unpaired) electrons. The number of thioether (sulfide) groups is 1. The molecule has 2 unspecified atom stereocenters. The van der Waals surface area contributed by atoms with Crippen LogP contribution in [0.3, 0.4) is 0 Å². The second-order valence-electron chi connectivity index (χ2n) is 7.32. The number of anilines is 1. The van der Waals surface area contributed by atoms with Gasteiger partial charge in [0.05, 0.1) is 6.04 Å². The molecule has 0 aliphatic carbocycles. The van der Waals surface area contributed by atoms with Gasteiger partial charge in [0, 0.05) is 43.1 Å². The van der Waals surface area contributed by atoms with E-state index in [4.69, 9.17) is 0 Å². The van der Waals surface area contributed by atoms with Gasteiger partial charge in [0.2, 0.25) is 5.91 Å². The highest BCUT2D eigenvalue weighted by atomic mass is 32.2. The summed E-state index contributed by atoms with van der Waals surface area (Å²) in [6, 6.07) is 9.43. The fraction of sp³-hybridized carbons (Fsp3) is 0.273. The Kier molecular flexibility index (Phi) is 7.09. The molecule has 4 N–H and O–H groups in total. The number of hydrogen-bond acceptors (Lipinski definition) is 6. The first-order valence-electron chi connectivity index (χ1n) is 10.2. The minimum atomic E-state index is -4.72. The molecule has 33 heavy (non-hydrogen) atoms. The van der Waals surface area contributed by atoms with Gasteiger partial charge in [-0.25, -0.2) is 4.98 Å². The summed E-state index contributed by atoms with van der Waals surface area (Å²) < 4.78 is 40.9. The molecule has 3 aromatic rings. The van der Waals surface area contributed by atoms with Gasteiger partial charge in [0.1, 0.15) is 16.6 Å². The Bertz CT molecular complexity index is 1130. The van der Waals surface area contributed by atoms with Crippen LogP contribution in [-0.2, 0) is 11.3 Å². The summed E-state index contributed by atoms with van der Waals surface area (Å²) in [4.78, 5) is 20.0. The number of nitrogens with zero attached hydrogens (tertiary/aromatic N) is 1. The van der Waals surface area contributed by atoms with Crippen LogP contribution in [0.25, 0.3) is 11.0 Å². The first kappa shape index (κ1) is 23.0. The second kappa shape index (κ2) is 10.2. The number of fused-ring (bicyclic) bond motifs is 1. The molecule has 1 aliphatic rings. The number of aromatic amines is 1. The normalized spacial score (nSPS) is 17.9. The summed E-state index contributed by atoms with van der Waals surface area (Å²) in [6.45, 7) is 1.20. The number of nitrogens with one attached hydrogen (secondary N) is 4. The van der Waals surface area contributed by atoms with Crippen molar-refractivity contribution in [3.63, 3.8) is 0 Å². The van der Waals surface area contributed by atoms with E-state index in [1.54, 1.807) is 12.3 Å². The number of rotatable bonds is 9. The Morgan fingerprint density at radius 3 is 2.94 bits per heavy atom. The van der Waals surface area contributed by atoms with Crippen LogP contribution in [-0.4, -0.2) is 46.6 Å². The van der Waals surface area contributed by atoms with Crippen molar-refractivity contribution in [2.45, 2.75) is 24.2 Å². The fourth-order valence-corrected chi connectivity index (χ4v) is 4.44. The number of hydrogen-bond donors (Lipinski definition) is 4. The zero-order chi connectivity index (χ0) is 23.3. The summed E-state index contributed by atoms with van der Waals surface area (Å²) >= 11 is 1.45. The van der Waals surface area contributed by atoms with Crippen LogP contribution >= 0.6 is 11.8 Å². The van der Waals surface area contributed by atoms with Gasteiger partial charge in [-0.3, -0.25) is 4.79 Å². The van der Waals surface area contributed by atoms with Gasteiger partial charge in [-0.1, -0.05) is 18.2 Å². The van der Waals surface area contributed by atoms with E-state index in [9.17, 15) is 18.0 Å². The third-order valence-electron chi connectivity index (χ3n) is 4.94. The predicted octanol–water partition coefficient (Wildman–Crippen LogP) is 3.78. The van der Waals surface area contributed by atoms with E-state index in [0.717, 1.165) is 16.7 Å². The SMILES string of the molecule is O=C(NCCNCc1cccc(OC(F)(F)F)c1)C1SC=CC1Nc1ccnc2[nH]ccc12. The van der Waals surface area contributed by atoms with Gasteiger partial charge in [-0.2, -0.15) is 0 Å². The van der Waals surface area contributed by atoms with Gasteiger partial charge >= 0.3 is 6.36 Å². The molecule has 1 amide bonds. The minimum absolute atomic E-state index is 0.0933. The molecule has 1 aliphatic heterocycles. The molecule has 0 bridgehead atoms. The summed E-state index contributed by atoms with van der Waals surface area (Å²) in [5, 5.41) is 12.0. The molecular formula is C22H22F3N5O2S. The second-order valence-corrected chi connectivity index (χ2v) is 8.37.